The lowest BCUT2D eigenvalue weighted by molar-refractivity contribution is 0.0792. The summed E-state index contributed by atoms with van der Waals surface area (Å²) in [7, 11) is 0. The number of rotatable bonds is 4. The molecule has 0 aromatic carbocycles. The highest BCUT2D eigenvalue weighted by Crippen LogP contribution is 2.27. The molecule has 0 saturated carbocycles. The van der Waals surface area contributed by atoms with E-state index >= 15 is 0 Å². The SMILES string of the molecule is O=C(c1ccnc(N2Cc3cnn(CCO)c3C2)c1)N1CCCC1. The predicted molar refractivity (Wildman–Crippen MR) is 88.6 cm³/mol. The van der Waals surface area contributed by atoms with Gasteiger partial charge in [0.25, 0.3) is 5.91 Å². The van der Waals surface area contributed by atoms with E-state index in [0.717, 1.165) is 49.6 Å². The summed E-state index contributed by atoms with van der Waals surface area (Å²) in [6.45, 7) is 3.71. The second-order valence-corrected chi connectivity index (χ2v) is 6.32. The molecule has 7 heteroatoms. The van der Waals surface area contributed by atoms with Crippen molar-refractivity contribution in [1.29, 1.82) is 0 Å². The van der Waals surface area contributed by atoms with Gasteiger partial charge in [0.05, 0.1) is 31.6 Å². The number of fused-ring (bicyclic) bond motifs is 1. The topological polar surface area (TPSA) is 74.5 Å². The van der Waals surface area contributed by atoms with Crippen LogP contribution in [0.5, 0.6) is 0 Å². The Balaban J connectivity index is 1.53. The van der Waals surface area contributed by atoms with Crippen LogP contribution in [-0.4, -0.2) is 50.4 Å². The van der Waals surface area contributed by atoms with Crippen molar-refractivity contribution in [3.05, 3.63) is 41.3 Å². The van der Waals surface area contributed by atoms with Crippen molar-refractivity contribution in [1.82, 2.24) is 19.7 Å². The van der Waals surface area contributed by atoms with Crippen molar-refractivity contribution in [3.8, 4) is 0 Å². The first kappa shape index (κ1) is 15.1. The Kier molecular flexibility index (Phi) is 3.93. The molecule has 0 radical (unpaired) electrons. The van der Waals surface area contributed by atoms with Crippen LogP contribution < -0.4 is 4.90 Å². The number of carbonyl (C=O) groups is 1. The molecule has 0 aliphatic carbocycles. The molecule has 1 N–H and O–H groups in total. The molecule has 0 unspecified atom stereocenters. The third-order valence-electron chi connectivity index (χ3n) is 4.76. The van der Waals surface area contributed by atoms with E-state index in [-0.39, 0.29) is 12.5 Å². The monoisotopic (exact) mass is 327 g/mol. The number of aliphatic hydroxyl groups excluding tert-OH is 1. The van der Waals surface area contributed by atoms with E-state index in [2.05, 4.69) is 15.0 Å². The molecule has 126 valence electrons. The molecule has 2 aromatic rings. The molecule has 2 aliphatic heterocycles. The van der Waals surface area contributed by atoms with Gasteiger partial charge >= 0.3 is 0 Å². The summed E-state index contributed by atoms with van der Waals surface area (Å²) in [5.74, 6) is 0.908. The first-order chi connectivity index (χ1) is 11.8. The fourth-order valence-electron chi connectivity index (χ4n) is 3.48. The Bertz CT molecular complexity index is 751. The number of aromatic nitrogens is 3. The van der Waals surface area contributed by atoms with Crippen molar-refractivity contribution in [3.63, 3.8) is 0 Å². The quantitative estimate of drug-likeness (QED) is 0.908. The zero-order valence-corrected chi connectivity index (χ0v) is 13.6. The van der Waals surface area contributed by atoms with Crippen LogP contribution >= 0.6 is 0 Å². The smallest absolute Gasteiger partial charge is 0.254 e. The maximum absolute atomic E-state index is 12.6. The lowest BCUT2D eigenvalue weighted by Gasteiger charge is -2.19. The minimum absolute atomic E-state index is 0.0756. The Hall–Kier alpha value is -2.41. The number of pyridine rings is 1. The normalized spacial score (nSPS) is 16.7. The standard InChI is InChI=1S/C17H21N5O2/c23-8-7-22-15-12-21(11-14(15)10-19-22)16-9-13(3-4-18-16)17(24)20-5-1-2-6-20/h3-4,9-10,23H,1-2,5-8,11-12H2. The van der Waals surface area contributed by atoms with E-state index in [0.29, 0.717) is 18.7 Å². The van der Waals surface area contributed by atoms with Crippen LogP contribution in [0, 0.1) is 0 Å². The number of aliphatic hydroxyl groups is 1. The molecule has 0 bridgehead atoms. The minimum atomic E-state index is 0.0756. The molecular formula is C17H21N5O2. The Labute approximate surface area is 140 Å². The predicted octanol–water partition coefficient (Wildman–Crippen LogP) is 1.03. The lowest BCUT2D eigenvalue weighted by Crippen LogP contribution is -2.28. The maximum Gasteiger partial charge on any atom is 0.254 e. The molecule has 0 atom stereocenters. The average Bonchev–Trinajstić information content (AvgIpc) is 3.33. The zero-order chi connectivity index (χ0) is 16.5. The van der Waals surface area contributed by atoms with Crippen LogP contribution in [0.3, 0.4) is 0 Å². The molecule has 1 saturated heterocycles. The summed E-state index contributed by atoms with van der Waals surface area (Å²) in [5, 5.41) is 13.4. The van der Waals surface area contributed by atoms with Gasteiger partial charge in [0.2, 0.25) is 0 Å². The van der Waals surface area contributed by atoms with Gasteiger partial charge in [-0.05, 0) is 25.0 Å². The third kappa shape index (κ3) is 2.65. The first-order valence-electron chi connectivity index (χ1n) is 8.41. The highest BCUT2D eigenvalue weighted by Gasteiger charge is 2.26. The molecular weight excluding hydrogens is 306 g/mol. The molecule has 0 spiro atoms. The van der Waals surface area contributed by atoms with Crippen molar-refractivity contribution >= 4 is 11.7 Å². The lowest BCUT2D eigenvalue weighted by atomic mass is 10.2. The largest absolute Gasteiger partial charge is 0.394 e. The number of likely N-dealkylation sites (tertiary alicyclic amines) is 1. The van der Waals surface area contributed by atoms with Crippen molar-refractivity contribution in [2.24, 2.45) is 0 Å². The van der Waals surface area contributed by atoms with Crippen LogP contribution in [0.1, 0.15) is 34.5 Å². The van der Waals surface area contributed by atoms with E-state index < -0.39 is 0 Å². The molecule has 4 heterocycles. The molecule has 24 heavy (non-hydrogen) atoms. The highest BCUT2D eigenvalue weighted by molar-refractivity contribution is 5.95. The second kappa shape index (κ2) is 6.24. The van der Waals surface area contributed by atoms with Gasteiger partial charge in [-0.2, -0.15) is 5.10 Å². The van der Waals surface area contributed by atoms with Crippen molar-refractivity contribution < 1.29 is 9.90 Å². The fourth-order valence-corrected chi connectivity index (χ4v) is 3.48. The minimum Gasteiger partial charge on any atom is -0.394 e. The van der Waals surface area contributed by atoms with E-state index in [9.17, 15) is 4.79 Å². The number of hydrogen-bond donors (Lipinski definition) is 1. The molecule has 1 fully saturated rings. The van der Waals surface area contributed by atoms with Gasteiger partial charge < -0.3 is 14.9 Å². The van der Waals surface area contributed by atoms with Gasteiger partial charge in [-0.3, -0.25) is 9.48 Å². The molecule has 1 amide bonds. The van der Waals surface area contributed by atoms with Crippen LogP contribution in [0.25, 0.3) is 0 Å². The molecule has 2 aromatic heterocycles. The van der Waals surface area contributed by atoms with Crippen molar-refractivity contribution in [2.45, 2.75) is 32.5 Å². The van der Waals surface area contributed by atoms with Crippen LogP contribution in [0.15, 0.2) is 24.5 Å². The summed E-state index contributed by atoms with van der Waals surface area (Å²) >= 11 is 0. The van der Waals surface area contributed by atoms with Gasteiger partial charge in [0.15, 0.2) is 0 Å². The number of amides is 1. The average molecular weight is 327 g/mol. The van der Waals surface area contributed by atoms with E-state index in [1.165, 1.54) is 0 Å². The number of hydrogen-bond acceptors (Lipinski definition) is 5. The Morgan fingerprint density at radius 1 is 1.25 bits per heavy atom. The summed E-state index contributed by atoms with van der Waals surface area (Å²) < 4.78 is 1.84. The van der Waals surface area contributed by atoms with Crippen molar-refractivity contribution in [2.75, 3.05) is 24.6 Å². The zero-order valence-electron chi connectivity index (χ0n) is 13.6. The molecule has 7 nitrogen and oxygen atoms in total. The van der Waals surface area contributed by atoms with Gasteiger partial charge in [0.1, 0.15) is 5.82 Å². The maximum atomic E-state index is 12.6. The number of carbonyl (C=O) groups excluding carboxylic acids is 1. The molecule has 4 rings (SSSR count). The Morgan fingerprint density at radius 2 is 2.08 bits per heavy atom. The van der Waals surface area contributed by atoms with Gasteiger partial charge in [0, 0.05) is 37.0 Å². The van der Waals surface area contributed by atoms with Crippen LogP contribution in [0.4, 0.5) is 5.82 Å². The van der Waals surface area contributed by atoms with Crippen LogP contribution in [-0.2, 0) is 19.6 Å². The van der Waals surface area contributed by atoms with Gasteiger partial charge in [-0.25, -0.2) is 4.98 Å². The van der Waals surface area contributed by atoms with E-state index in [4.69, 9.17) is 5.11 Å². The Morgan fingerprint density at radius 3 is 2.88 bits per heavy atom. The molecule has 2 aliphatic rings. The second-order valence-electron chi connectivity index (χ2n) is 6.32. The van der Waals surface area contributed by atoms with E-state index in [1.54, 1.807) is 12.3 Å². The van der Waals surface area contributed by atoms with E-state index in [1.807, 2.05) is 21.8 Å². The summed E-state index contributed by atoms with van der Waals surface area (Å²) in [5.41, 5.74) is 2.97. The third-order valence-corrected chi connectivity index (χ3v) is 4.76. The van der Waals surface area contributed by atoms with Crippen LogP contribution in [0.2, 0.25) is 0 Å². The van der Waals surface area contributed by atoms with Gasteiger partial charge in [-0.15, -0.1) is 0 Å². The number of anilines is 1. The summed E-state index contributed by atoms with van der Waals surface area (Å²) in [4.78, 5) is 21.1. The van der Waals surface area contributed by atoms with Gasteiger partial charge in [-0.1, -0.05) is 0 Å². The first-order valence-corrected chi connectivity index (χ1v) is 8.41. The fraction of sp³-hybridized carbons (Fsp3) is 0.471. The summed E-state index contributed by atoms with van der Waals surface area (Å²) in [6.07, 6.45) is 5.74. The number of nitrogens with zero attached hydrogens (tertiary/aromatic N) is 5. The highest BCUT2D eigenvalue weighted by atomic mass is 16.3. The summed E-state index contributed by atoms with van der Waals surface area (Å²) in [6, 6.07) is 3.68.